The smallest absolute Gasteiger partial charge is 0.220 e. The van der Waals surface area contributed by atoms with Crippen LogP contribution in [-0.2, 0) is 4.79 Å². The van der Waals surface area contributed by atoms with E-state index in [2.05, 4.69) is 17.6 Å². The third-order valence-corrected chi connectivity index (χ3v) is 3.06. The lowest BCUT2D eigenvalue weighted by Gasteiger charge is -2.22. The summed E-state index contributed by atoms with van der Waals surface area (Å²) in [5, 5.41) is 15.9. The van der Waals surface area contributed by atoms with E-state index in [4.69, 9.17) is 0 Å². The van der Waals surface area contributed by atoms with Crippen LogP contribution in [-0.4, -0.2) is 36.2 Å². The third-order valence-electron chi connectivity index (χ3n) is 3.06. The topological polar surface area (TPSA) is 61.4 Å². The number of aliphatic hydroxyl groups is 1. The van der Waals surface area contributed by atoms with Crippen LogP contribution in [0.5, 0.6) is 0 Å². The van der Waals surface area contributed by atoms with Crippen LogP contribution >= 0.6 is 0 Å². The van der Waals surface area contributed by atoms with Crippen molar-refractivity contribution in [3.8, 4) is 0 Å². The van der Waals surface area contributed by atoms with Crippen LogP contribution in [0.15, 0.2) is 0 Å². The van der Waals surface area contributed by atoms with E-state index in [-0.39, 0.29) is 11.9 Å². The molecule has 1 saturated heterocycles. The van der Waals surface area contributed by atoms with Crippen LogP contribution in [0.1, 0.15) is 32.6 Å². The monoisotopic (exact) mass is 227 g/mol. The Morgan fingerprint density at radius 1 is 1.69 bits per heavy atom. The van der Waals surface area contributed by atoms with Gasteiger partial charge in [-0.2, -0.15) is 0 Å². The quantitative estimate of drug-likeness (QED) is 0.654. The Hall–Kier alpha value is -0.610. The van der Waals surface area contributed by atoms with Gasteiger partial charge in [0.1, 0.15) is 0 Å². The molecule has 1 rings (SSSR count). The Balaban J connectivity index is 2.36. The molecule has 0 aliphatic carbocycles. The predicted octanol–water partition coefficient (Wildman–Crippen LogP) is 0.466. The maximum Gasteiger partial charge on any atom is 0.220 e. The number of β-amino-alcohol motifs (C(OH)–C–C–N with tert-alkyl or cyclic N) is 1. The standard InChI is InChI=1S/C12H23N2O2/c1-3-9(2)7-12(16)14-10-5-4-6-13-8-11(10)15/h9-11,13,15H,1,3-8H2,2H3,(H,14,16)/t9-,10?,11?/m0/s1. The summed E-state index contributed by atoms with van der Waals surface area (Å²) in [6, 6.07) is -0.0977. The van der Waals surface area contributed by atoms with Crippen molar-refractivity contribution in [2.45, 2.75) is 44.8 Å². The summed E-state index contributed by atoms with van der Waals surface area (Å²) in [5.41, 5.74) is 0. The van der Waals surface area contributed by atoms with Gasteiger partial charge in [0.05, 0.1) is 12.1 Å². The molecule has 1 fully saturated rings. The van der Waals surface area contributed by atoms with Crippen LogP contribution in [0.3, 0.4) is 0 Å². The summed E-state index contributed by atoms with van der Waals surface area (Å²) >= 11 is 0. The fourth-order valence-corrected chi connectivity index (χ4v) is 1.88. The molecule has 0 saturated carbocycles. The highest BCUT2D eigenvalue weighted by molar-refractivity contribution is 5.76. The van der Waals surface area contributed by atoms with E-state index in [0.29, 0.717) is 18.9 Å². The Bertz CT molecular complexity index is 221. The third kappa shape index (κ3) is 4.49. The van der Waals surface area contributed by atoms with Gasteiger partial charge in [-0.1, -0.05) is 20.3 Å². The van der Waals surface area contributed by atoms with E-state index < -0.39 is 6.10 Å². The first-order valence-electron chi connectivity index (χ1n) is 6.11. The Labute approximate surface area is 97.8 Å². The maximum absolute atomic E-state index is 11.7. The molecule has 4 nitrogen and oxygen atoms in total. The molecule has 1 radical (unpaired) electrons. The molecule has 0 aromatic carbocycles. The van der Waals surface area contributed by atoms with Crippen molar-refractivity contribution in [1.82, 2.24) is 10.6 Å². The first kappa shape index (κ1) is 13.5. The van der Waals surface area contributed by atoms with Gasteiger partial charge in [-0.15, -0.1) is 0 Å². The molecule has 93 valence electrons. The van der Waals surface area contributed by atoms with Gasteiger partial charge in [0.25, 0.3) is 0 Å². The van der Waals surface area contributed by atoms with Crippen molar-refractivity contribution < 1.29 is 9.90 Å². The number of nitrogens with one attached hydrogen (secondary N) is 2. The van der Waals surface area contributed by atoms with Gasteiger partial charge in [-0.25, -0.2) is 0 Å². The Morgan fingerprint density at radius 2 is 2.44 bits per heavy atom. The van der Waals surface area contributed by atoms with Crippen LogP contribution in [0.2, 0.25) is 0 Å². The number of hydrogen-bond acceptors (Lipinski definition) is 3. The van der Waals surface area contributed by atoms with Gasteiger partial charge in [-0.05, 0) is 25.3 Å². The molecular formula is C12H23N2O2. The molecule has 1 heterocycles. The van der Waals surface area contributed by atoms with E-state index in [9.17, 15) is 9.90 Å². The summed E-state index contributed by atoms with van der Waals surface area (Å²) < 4.78 is 0. The number of amides is 1. The van der Waals surface area contributed by atoms with Crippen molar-refractivity contribution in [2.75, 3.05) is 13.1 Å². The molecule has 0 bridgehead atoms. The van der Waals surface area contributed by atoms with Crippen LogP contribution < -0.4 is 10.6 Å². The minimum Gasteiger partial charge on any atom is -0.390 e. The fourth-order valence-electron chi connectivity index (χ4n) is 1.88. The minimum atomic E-state index is -0.471. The first-order valence-corrected chi connectivity index (χ1v) is 6.11. The average molecular weight is 227 g/mol. The Kier molecular flexibility index (Phi) is 5.77. The molecule has 0 aromatic heterocycles. The Morgan fingerprint density at radius 3 is 3.12 bits per heavy atom. The molecule has 1 aliphatic heterocycles. The van der Waals surface area contributed by atoms with Gasteiger partial charge in [0, 0.05) is 13.0 Å². The lowest BCUT2D eigenvalue weighted by Crippen LogP contribution is -2.45. The number of aliphatic hydroxyl groups excluding tert-OH is 1. The SMILES string of the molecule is [CH2]C[C@H](C)CC(=O)NC1CCCNCC1O. The minimum absolute atomic E-state index is 0.0297. The summed E-state index contributed by atoms with van der Waals surface area (Å²) in [4.78, 5) is 11.7. The zero-order chi connectivity index (χ0) is 12.0. The molecule has 3 N–H and O–H groups in total. The maximum atomic E-state index is 11.7. The number of carbonyl (C=O) groups is 1. The molecule has 3 atom stereocenters. The highest BCUT2D eigenvalue weighted by Crippen LogP contribution is 2.09. The normalized spacial score (nSPS) is 28.2. The lowest BCUT2D eigenvalue weighted by atomic mass is 10.0. The largest absolute Gasteiger partial charge is 0.390 e. The number of carbonyl (C=O) groups excluding carboxylic acids is 1. The second-order valence-electron chi connectivity index (χ2n) is 4.69. The van der Waals surface area contributed by atoms with Crippen molar-refractivity contribution in [3.05, 3.63) is 6.92 Å². The molecule has 1 amide bonds. The van der Waals surface area contributed by atoms with Crippen molar-refractivity contribution in [2.24, 2.45) is 5.92 Å². The number of rotatable bonds is 4. The molecule has 2 unspecified atom stereocenters. The summed E-state index contributed by atoms with van der Waals surface area (Å²) in [7, 11) is 0. The van der Waals surface area contributed by atoms with Gasteiger partial charge in [-0.3, -0.25) is 4.79 Å². The fraction of sp³-hybridized carbons (Fsp3) is 0.833. The summed E-state index contributed by atoms with van der Waals surface area (Å²) in [5.74, 6) is 0.336. The first-order chi connectivity index (χ1) is 7.63. The van der Waals surface area contributed by atoms with Crippen molar-refractivity contribution in [1.29, 1.82) is 0 Å². The van der Waals surface area contributed by atoms with Gasteiger partial charge in [0.2, 0.25) is 5.91 Å². The predicted molar refractivity (Wildman–Crippen MR) is 63.8 cm³/mol. The highest BCUT2D eigenvalue weighted by Gasteiger charge is 2.23. The second kappa shape index (κ2) is 6.86. The number of hydrogen-bond donors (Lipinski definition) is 3. The molecule has 4 heteroatoms. The molecule has 0 aromatic rings. The lowest BCUT2D eigenvalue weighted by molar-refractivity contribution is -0.123. The summed E-state index contributed by atoms with van der Waals surface area (Å²) in [6.07, 6.45) is 2.63. The van der Waals surface area contributed by atoms with E-state index in [1.165, 1.54) is 0 Å². The van der Waals surface area contributed by atoms with Crippen LogP contribution in [0.4, 0.5) is 0 Å². The van der Waals surface area contributed by atoms with E-state index in [1.54, 1.807) is 0 Å². The van der Waals surface area contributed by atoms with Crippen molar-refractivity contribution >= 4 is 5.91 Å². The van der Waals surface area contributed by atoms with Crippen molar-refractivity contribution in [3.63, 3.8) is 0 Å². The van der Waals surface area contributed by atoms with Crippen LogP contribution in [0.25, 0.3) is 0 Å². The molecular weight excluding hydrogens is 204 g/mol. The van der Waals surface area contributed by atoms with E-state index in [0.717, 1.165) is 25.8 Å². The zero-order valence-corrected chi connectivity index (χ0v) is 10.0. The molecule has 0 spiro atoms. The van der Waals surface area contributed by atoms with E-state index >= 15 is 0 Å². The second-order valence-corrected chi connectivity index (χ2v) is 4.69. The summed E-state index contributed by atoms with van der Waals surface area (Å²) in [6.45, 7) is 7.27. The van der Waals surface area contributed by atoms with Gasteiger partial charge < -0.3 is 15.7 Å². The molecule has 1 aliphatic rings. The van der Waals surface area contributed by atoms with Crippen LogP contribution in [0, 0.1) is 12.8 Å². The highest BCUT2D eigenvalue weighted by atomic mass is 16.3. The zero-order valence-electron chi connectivity index (χ0n) is 10.0. The average Bonchev–Trinajstić information content (AvgIpc) is 2.44. The van der Waals surface area contributed by atoms with Gasteiger partial charge >= 0.3 is 0 Å². The van der Waals surface area contributed by atoms with E-state index in [1.807, 2.05) is 6.92 Å². The molecule has 16 heavy (non-hydrogen) atoms. The van der Waals surface area contributed by atoms with Gasteiger partial charge in [0.15, 0.2) is 0 Å².